The first-order chi connectivity index (χ1) is 6.27. The van der Waals surface area contributed by atoms with E-state index >= 15 is 0 Å². The maximum absolute atomic E-state index is 6.05. The minimum Gasteiger partial charge on any atom is -0.369 e. The average Bonchev–Trinajstić information content (AvgIpc) is 2.19. The molecule has 2 atom stereocenters. The van der Waals surface area contributed by atoms with Crippen LogP contribution in [0.4, 0.5) is 0 Å². The van der Waals surface area contributed by atoms with E-state index in [0.717, 1.165) is 12.3 Å². The monoisotopic (exact) mass is 218 g/mol. The lowest BCUT2D eigenvalue weighted by Gasteiger charge is -2.28. The quantitative estimate of drug-likeness (QED) is 0.654. The molecule has 14 heavy (non-hydrogen) atoms. The fraction of sp³-hybridized carbons (Fsp3) is 1.00. The molecule has 0 aromatic heterocycles. The summed E-state index contributed by atoms with van der Waals surface area (Å²) in [4.78, 5) is 0. The van der Waals surface area contributed by atoms with E-state index in [9.17, 15) is 0 Å². The SMILES string of the molecule is CC(CCl)CC1CC(C)(C)OC1(C)C. The fourth-order valence-electron chi connectivity index (χ4n) is 2.59. The van der Waals surface area contributed by atoms with Crippen LogP contribution in [0.3, 0.4) is 0 Å². The Morgan fingerprint density at radius 3 is 2.29 bits per heavy atom. The summed E-state index contributed by atoms with van der Waals surface area (Å²) in [5, 5.41) is 0. The van der Waals surface area contributed by atoms with Crippen LogP contribution in [-0.4, -0.2) is 17.1 Å². The summed E-state index contributed by atoms with van der Waals surface area (Å²) in [7, 11) is 0. The van der Waals surface area contributed by atoms with Gasteiger partial charge < -0.3 is 4.74 Å². The molecule has 1 saturated heterocycles. The summed E-state index contributed by atoms with van der Waals surface area (Å²) in [6, 6.07) is 0. The van der Waals surface area contributed by atoms with Crippen molar-refractivity contribution in [2.45, 2.75) is 58.7 Å². The second-order valence-corrected chi connectivity index (χ2v) is 6.17. The Morgan fingerprint density at radius 2 is 1.93 bits per heavy atom. The Balaban J connectivity index is 2.61. The maximum Gasteiger partial charge on any atom is 0.0662 e. The van der Waals surface area contributed by atoms with Gasteiger partial charge in [0, 0.05) is 5.88 Å². The first-order valence-electron chi connectivity index (χ1n) is 5.53. The van der Waals surface area contributed by atoms with Gasteiger partial charge in [-0.3, -0.25) is 0 Å². The number of rotatable bonds is 3. The number of ether oxygens (including phenoxy) is 1. The van der Waals surface area contributed by atoms with Crippen LogP contribution in [0.1, 0.15) is 47.5 Å². The highest BCUT2D eigenvalue weighted by Gasteiger charge is 2.45. The predicted molar refractivity (Wildman–Crippen MR) is 61.9 cm³/mol. The van der Waals surface area contributed by atoms with E-state index in [1.807, 2.05) is 0 Å². The molecule has 1 aliphatic rings. The molecule has 0 aromatic carbocycles. The van der Waals surface area contributed by atoms with Crippen molar-refractivity contribution in [1.29, 1.82) is 0 Å². The van der Waals surface area contributed by atoms with Crippen molar-refractivity contribution in [2.75, 3.05) is 5.88 Å². The number of halogens is 1. The van der Waals surface area contributed by atoms with Crippen LogP contribution >= 0.6 is 11.6 Å². The Kier molecular flexibility index (Phi) is 3.53. The van der Waals surface area contributed by atoms with Crippen molar-refractivity contribution in [2.24, 2.45) is 11.8 Å². The van der Waals surface area contributed by atoms with E-state index in [-0.39, 0.29) is 11.2 Å². The number of hydrogen-bond acceptors (Lipinski definition) is 1. The summed E-state index contributed by atoms with van der Waals surface area (Å²) in [6.45, 7) is 11.0. The summed E-state index contributed by atoms with van der Waals surface area (Å²) < 4.78 is 6.05. The third-order valence-electron chi connectivity index (χ3n) is 3.21. The zero-order chi connectivity index (χ0) is 11.0. The molecule has 1 fully saturated rings. The largest absolute Gasteiger partial charge is 0.369 e. The topological polar surface area (TPSA) is 9.23 Å². The van der Waals surface area contributed by atoms with Crippen molar-refractivity contribution in [3.05, 3.63) is 0 Å². The highest BCUT2D eigenvalue weighted by atomic mass is 35.5. The van der Waals surface area contributed by atoms with Gasteiger partial charge in [-0.2, -0.15) is 0 Å². The second-order valence-electron chi connectivity index (χ2n) is 5.86. The minimum atomic E-state index is 0.0177. The van der Waals surface area contributed by atoms with E-state index < -0.39 is 0 Å². The Labute approximate surface area is 93.2 Å². The van der Waals surface area contributed by atoms with Crippen LogP contribution in [0.5, 0.6) is 0 Å². The van der Waals surface area contributed by atoms with Crippen molar-refractivity contribution >= 4 is 11.6 Å². The van der Waals surface area contributed by atoms with Gasteiger partial charge in [0.15, 0.2) is 0 Å². The Hall–Kier alpha value is 0.250. The molecule has 0 N–H and O–H groups in total. The third-order valence-corrected chi connectivity index (χ3v) is 3.74. The second kappa shape index (κ2) is 4.02. The molecule has 2 heteroatoms. The molecular formula is C12H23ClO. The maximum atomic E-state index is 6.05. The van der Waals surface area contributed by atoms with Gasteiger partial charge in [0.25, 0.3) is 0 Å². The first-order valence-corrected chi connectivity index (χ1v) is 6.06. The highest BCUT2D eigenvalue weighted by molar-refractivity contribution is 6.18. The van der Waals surface area contributed by atoms with Crippen LogP contribution in [0.25, 0.3) is 0 Å². The van der Waals surface area contributed by atoms with Gasteiger partial charge in [-0.1, -0.05) is 6.92 Å². The van der Waals surface area contributed by atoms with Gasteiger partial charge in [-0.15, -0.1) is 11.6 Å². The molecule has 0 aliphatic carbocycles. The van der Waals surface area contributed by atoms with E-state index in [0.29, 0.717) is 11.8 Å². The molecular weight excluding hydrogens is 196 g/mol. The van der Waals surface area contributed by atoms with E-state index in [1.54, 1.807) is 0 Å². The van der Waals surface area contributed by atoms with Gasteiger partial charge in [0.05, 0.1) is 11.2 Å². The van der Waals surface area contributed by atoms with E-state index in [1.165, 1.54) is 6.42 Å². The lowest BCUT2D eigenvalue weighted by molar-refractivity contribution is -0.0760. The minimum absolute atomic E-state index is 0.0177. The molecule has 84 valence electrons. The summed E-state index contributed by atoms with van der Waals surface area (Å²) >= 11 is 5.85. The van der Waals surface area contributed by atoms with Gasteiger partial charge in [-0.25, -0.2) is 0 Å². The van der Waals surface area contributed by atoms with Crippen LogP contribution in [0.15, 0.2) is 0 Å². The van der Waals surface area contributed by atoms with Gasteiger partial charge in [0.1, 0.15) is 0 Å². The lowest BCUT2D eigenvalue weighted by atomic mass is 9.81. The molecule has 0 bridgehead atoms. The van der Waals surface area contributed by atoms with E-state index in [2.05, 4.69) is 34.6 Å². The van der Waals surface area contributed by atoms with Gasteiger partial charge >= 0.3 is 0 Å². The Morgan fingerprint density at radius 1 is 1.36 bits per heavy atom. The van der Waals surface area contributed by atoms with Crippen molar-refractivity contribution in [3.8, 4) is 0 Å². The highest BCUT2D eigenvalue weighted by Crippen LogP contribution is 2.44. The molecule has 0 saturated carbocycles. The standard InChI is InChI=1S/C12H23ClO/c1-9(8-13)6-10-7-11(2,3)14-12(10,4)5/h9-10H,6-8H2,1-5H3. The van der Waals surface area contributed by atoms with Gasteiger partial charge in [-0.05, 0) is 52.4 Å². The molecule has 0 amide bonds. The zero-order valence-corrected chi connectivity index (χ0v) is 10.8. The average molecular weight is 219 g/mol. The molecule has 1 heterocycles. The van der Waals surface area contributed by atoms with Crippen LogP contribution < -0.4 is 0 Å². The van der Waals surface area contributed by atoms with Crippen molar-refractivity contribution in [1.82, 2.24) is 0 Å². The van der Waals surface area contributed by atoms with Crippen molar-refractivity contribution in [3.63, 3.8) is 0 Å². The van der Waals surface area contributed by atoms with Crippen LogP contribution in [0.2, 0.25) is 0 Å². The molecule has 0 radical (unpaired) electrons. The zero-order valence-electron chi connectivity index (χ0n) is 10.1. The van der Waals surface area contributed by atoms with Crippen LogP contribution in [0, 0.1) is 11.8 Å². The normalized spacial score (nSPS) is 31.7. The first kappa shape index (κ1) is 12.3. The molecule has 0 aromatic rings. The van der Waals surface area contributed by atoms with Gasteiger partial charge in [0.2, 0.25) is 0 Å². The van der Waals surface area contributed by atoms with Crippen molar-refractivity contribution < 1.29 is 4.74 Å². The van der Waals surface area contributed by atoms with Crippen LogP contribution in [-0.2, 0) is 4.74 Å². The lowest BCUT2D eigenvalue weighted by Crippen LogP contribution is -2.30. The summed E-state index contributed by atoms with van der Waals surface area (Å²) in [5.41, 5.74) is 0.0595. The van der Waals surface area contributed by atoms with E-state index in [4.69, 9.17) is 16.3 Å². The summed E-state index contributed by atoms with van der Waals surface area (Å²) in [6.07, 6.45) is 2.33. The Bertz CT molecular complexity index is 198. The molecule has 1 rings (SSSR count). The number of alkyl halides is 1. The molecule has 0 spiro atoms. The fourth-order valence-corrected chi connectivity index (χ4v) is 2.72. The predicted octanol–water partition coefficient (Wildman–Crippen LogP) is 3.85. The smallest absolute Gasteiger partial charge is 0.0662 e. The molecule has 1 nitrogen and oxygen atoms in total. The third kappa shape index (κ3) is 2.87. The molecule has 1 aliphatic heterocycles. The molecule has 2 unspecified atom stereocenters. The number of hydrogen-bond donors (Lipinski definition) is 0. The summed E-state index contributed by atoms with van der Waals surface area (Å²) in [5.74, 6) is 2.00.